The highest BCUT2D eigenvalue weighted by Gasteiger charge is 2.19. The van der Waals surface area contributed by atoms with Gasteiger partial charge in [0.05, 0.1) is 16.4 Å². The molecule has 1 atom stereocenters. The molecule has 2 aromatic rings. The molecule has 0 N–H and O–H groups in total. The molecule has 0 spiro atoms. The van der Waals surface area contributed by atoms with Crippen LogP contribution in [0.15, 0.2) is 34.8 Å². The van der Waals surface area contributed by atoms with Gasteiger partial charge in [-0.15, -0.1) is 0 Å². The zero-order valence-electron chi connectivity index (χ0n) is 11.5. The molecule has 20 heavy (non-hydrogen) atoms. The Balaban J connectivity index is 2.55. The van der Waals surface area contributed by atoms with E-state index in [0.29, 0.717) is 5.02 Å². The predicted molar refractivity (Wildman–Crippen MR) is 92.4 cm³/mol. The summed E-state index contributed by atoms with van der Waals surface area (Å²) in [5, 5.41) is 0.682. The normalized spacial score (nSPS) is 12.3. The Bertz CT molecular complexity index is 620. The summed E-state index contributed by atoms with van der Waals surface area (Å²) in [4.78, 5) is 0.0334. The number of halogens is 3. The lowest BCUT2D eigenvalue weighted by Gasteiger charge is -2.17. The van der Waals surface area contributed by atoms with Crippen LogP contribution in [0.3, 0.4) is 0 Å². The van der Waals surface area contributed by atoms with Crippen LogP contribution >= 0.6 is 43.5 Å². The van der Waals surface area contributed by atoms with Gasteiger partial charge in [0.1, 0.15) is 5.75 Å². The third kappa shape index (κ3) is 3.38. The molecule has 0 aliphatic rings. The van der Waals surface area contributed by atoms with Gasteiger partial charge >= 0.3 is 0 Å². The molecule has 0 saturated carbocycles. The zero-order valence-corrected chi connectivity index (χ0v) is 15.4. The summed E-state index contributed by atoms with van der Waals surface area (Å²) in [5.41, 5.74) is 4.68. The summed E-state index contributed by atoms with van der Waals surface area (Å²) in [5.74, 6) is 0.801. The third-order valence-electron chi connectivity index (χ3n) is 3.05. The van der Waals surface area contributed by atoms with E-state index in [0.717, 1.165) is 15.8 Å². The van der Waals surface area contributed by atoms with Crippen LogP contribution in [0.1, 0.15) is 27.1 Å². The minimum atomic E-state index is 0.0334. The zero-order chi connectivity index (χ0) is 14.9. The van der Waals surface area contributed by atoms with Crippen molar-refractivity contribution in [1.82, 2.24) is 0 Å². The van der Waals surface area contributed by atoms with E-state index in [-0.39, 0.29) is 4.83 Å². The maximum atomic E-state index is 6.17. The van der Waals surface area contributed by atoms with Gasteiger partial charge in [-0.1, -0.05) is 56.9 Å². The number of ether oxygens (including phenoxy) is 1. The first kappa shape index (κ1) is 15.9. The van der Waals surface area contributed by atoms with Crippen LogP contribution in [0.5, 0.6) is 5.75 Å². The maximum Gasteiger partial charge on any atom is 0.137 e. The van der Waals surface area contributed by atoms with Gasteiger partial charge in [-0.2, -0.15) is 0 Å². The summed E-state index contributed by atoms with van der Waals surface area (Å²) >= 11 is 13.4. The molecular weight excluding hydrogens is 403 g/mol. The van der Waals surface area contributed by atoms with Crippen molar-refractivity contribution in [3.63, 3.8) is 0 Å². The first-order valence-corrected chi connectivity index (χ1v) is 8.26. The molecule has 1 unspecified atom stereocenters. The molecule has 1 nitrogen and oxygen atoms in total. The second-order valence-electron chi connectivity index (χ2n) is 4.79. The number of benzene rings is 2. The lowest BCUT2D eigenvalue weighted by Crippen LogP contribution is -1.99. The molecule has 0 bridgehead atoms. The lowest BCUT2D eigenvalue weighted by atomic mass is 10.00. The molecule has 0 fully saturated rings. The monoisotopic (exact) mass is 416 g/mol. The van der Waals surface area contributed by atoms with Crippen molar-refractivity contribution in [1.29, 1.82) is 0 Å². The molecule has 0 aromatic heterocycles. The van der Waals surface area contributed by atoms with Gasteiger partial charge in [0.25, 0.3) is 0 Å². The van der Waals surface area contributed by atoms with Crippen LogP contribution in [0, 0.1) is 13.8 Å². The Kier molecular flexibility index (Phi) is 5.16. The van der Waals surface area contributed by atoms with Crippen molar-refractivity contribution in [2.24, 2.45) is 0 Å². The van der Waals surface area contributed by atoms with Gasteiger partial charge in [0.2, 0.25) is 0 Å². The van der Waals surface area contributed by atoms with Gasteiger partial charge in [-0.05, 0) is 47.5 Å². The van der Waals surface area contributed by atoms with Crippen LogP contribution in [0.4, 0.5) is 0 Å². The lowest BCUT2D eigenvalue weighted by molar-refractivity contribution is 0.408. The Morgan fingerprint density at radius 2 is 1.65 bits per heavy atom. The predicted octanol–water partition coefficient (Wildman–Crippen LogP) is 6.21. The summed E-state index contributed by atoms with van der Waals surface area (Å²) in [6.45, 7) is 4.20. The number of hydrogen-bond donors (Lipinski definition) is 0. The minimum absolute atomic E-state index is 0.0334. The molecule has 0 saturated heterocycles. The SMILES string of the molecule is COc1c(Br)cc(Cl)cc1C(Br)c1cc(C)cc(C)c1. The average Bonchev–Trinajstić information content (AvgIpc) is 2.35. The average molecular weight is 419 g/mol. The van der Waals surface area contributed by atoms with Gasteiger partial charge in [0.15, 0.2) is 0 Å². The molecule has 0 radical (unpaired) electrons. The van der Waals surface area contributed by atoms with Crippen molar-refractivity contribution in [3.8, 4) is 5.75 Å². The smallest absolute Gasteiger partial charge is 0.137 e. The van der Waals surface area contributed by atoms with Crippen LogP contribution in [0.2, 0.25) is 5.02 Å². The van der Waals surface area contributed by atoms with Crippen molar-refractivity contribution in [2.75, 3.05) is 7.11 Å². The van der Waals surface area contributed by atoms with E-state index in [4.69, 9.17) is 16.3 Å². The fourth-order valence-electron chi connectivity index (χ4n) is 2.32. The molecule has 2 aromatic carbocycles. The highest BCUT2D eigenvalue weighted by atomic mass is 79.9. The highest BCUT2D eigenvalue weighted by molar-refractivity contribution is 9.10. The fraction of sp³-hybridized carbons (Fsp3) is 0.250. The molecule has 2 rings (SSSR count). The van der Waals surface area contributed by atoms with Gasteiger partial charge < -0.3 is 4.74 Å². The van der Waals surface area contributed by atoms with Crippen LogP contribution in [-0.2, 0) is 0 Å². The summed E-state index contributed by atoms with van der Waals surface area (Å²) in [7, 11) is 1.67. The summed E-state index contributed by atoms with van der Waals surface area (Å²) in [6, 6.07) is 10.3. The van der Waals surface area contributed by atoms with E-state index in [1.54, 1.807) is 7.11 Å². The Morgan fingerprint density at radius 1 is 1.05 bits per heavy atom. The summed E-state index contributed by atoms with van der Waals surface area (Å²) < 4.78 is 6.36. The van der Waals surface area contributed by atoms with E-state index >= 15 is 0 Å². The van der Waals surface area contributed by atoms with Gasteiger partial charge in [-0.25, -0.2) is 0 Å². The van der Waals surface area contributed by atoms with Crippen molar-refractivity contribution < 1.29 is 4.74 Å². The maximum absolute atomic E-state index is 6.17. The van der Waals surface area contributed by atoms with E-state index in [2.05, 4.69) is 63.9 Å². The third-order valence-corrected chi connectivity index (χ3v) is 4.88. The molecule has 4 heteroatoms. The van der Waals surface area contributed by atoms with Crippen molar-refractivity contribution in [2.45, 2.75) is 18.7 Å². The van der Waals surface area contributed by atoms with Gasteiger partial charge in [0, 0.05) is 10.6 Å². The molecule has 0 amide bonds. The molecule has 0 heterocycles. The van der Waals surface area contributed by atoms with E-state index in [1.165, 1.54) is 16.7 Å². The number of methoxy groups -OCH3 is 1. The summed E-state index contributed by atoms with van der Waals surface area (Å²) in [6.07, 6.45) is 0. The first-order chi connectivity index (χ1) is 9.42. The topological polar surface area (TPSA) is 9.23 Å². The van der Waals surface area contributed by atoms with E-state index < -0.39 is 0 Å². The van der Waals surface area contributed by atoms with Crippen molar-refractivity contribution in [3.05, 3.63) is 62.1 Å². The Labute approximate surface area is 141 Å². The number of alkyl halides is 1. The van der Waals surface area contributed by atoms with Crippen LogP contribution in [-0.4, -0.2) is 7.11 Å². The highest BCUT2D eigenvalue weighted by Crippen LogP contribution is 2.42. The second kappa shape index (κ2) is 6.50. The molecular formula is C16H15Br2ClO. The van der Waals surface area contributed by atoms with Gasteiger partial charge in [-0.3, -0.25) is 0 Å². The minimum Gasteiger partial charge on any atom is -0.495 e. The second-order valence-corrected chi connectivity index (χ2v) is 7.00. The number of aryl methyl sites for hydroxylation is 2. The van der Waals surface area contributed by atoms with Crippen LogP contribution in [0.25, 0.3) is 0 Å². The Hall–Kier alpha value is -0.510. The first-order valence-electron chi connectivity index (χ1n) is 6.17. The quantitative estimate of drug-likeness (QED) is 0.538. The standard InChI is InChI=1S/C16H15Br2ClO/c1-9-4-10(2)6-11(5-9)15(18)13-7-12(19)8-14(17)16(13)20-3/h4-8,15H,1-3H3. The molecule has 0 aliphatic carbocycles. The Morgan fingerprint density at radius 3 is 2.20 bits per heavy atom. The molecule has 106 valence electrons. The number of hydrogen-bond acceptors (Lipinski definition) is 1. The largest absolute Gasteiger partial charge is 0.495 e. The van der Waals surface area contributed by atoms with E-state index in [1.807, 2.05) is 12.1 Å². The molecule has 0 aliphatic heterocycles. The number of rotatable bonds is 3. The van der Waals surface area contributed by atoms with Crippen LogP contribution < -0.4 is 4.74 Å². The fourth-order valence-corrected chi connectivity index (χ4v) is 3.92. The van der Waals surface area contributed by atoms with Crippen molar-refractivity contribution >= 4 is 43.5 Å². The van der Waals surface area contributed by atoms with E-state index in [9.17, 15) is 0 Å².